The smallest absolute Gasteiger partial charge is 0.263 e. The molecule has 132 valence electrons. The lowest BCUT2D eigenvalue weighted by molar-refractivity contribution is -0.116. The second-order valence-electron chi connectivity index (χ2n) is 5.50. The number of carbonyl (C=O) groups excluding carboxylic acids is 1. The number of carbonyl (C=O) groups is 1. The molecule has 8 nitrogen and oxygen atoms in total. The average Bonchev–Trinajstić information content (AvgIpc) is 3.09. The largest absolute Gasteiger partial charge is 0.377 e. The molecule has 1 N–H and O–H groups in total. The standard InChI is InChI=1S/C15H17N5O3S2/c1-7-8(2)24-13-12(7)14(22)20(9(3)16-13)5-10(21)17-15-19-18-11(25-15)6-23-4/h5-6H2,1-4H3,(H,17,19,21). The van der Waals surface area contributed by atoms with Gasteiger partial charge in [0.25, 0.3) is 5.56 Å². The Kier molecular flexibility index (Phi) is 4.93. The number of nitrogens with zero attached hydrogens (tertiary/aromatic N) is 4. The van der Waals surface area contributed by atoms with Crippen LogP contribution in [-0.2, 0) is 22.7 Å². The van der Waals surface area contributed by atoms with Crippen LogP contribution in [0.15, 0.2) is 4.79 Å². The Hall–Kier alpha value is -2.17. The number of rotatable bonds is 5. The minimum Gasteiger partial charge on any atom is -0.377 e. The van der Waals surface area contributed by atoms with Crippen molar-refractivity contribution in [1.29, 1.82) is 0 Å². The molecule has 3 rings (SSSR count). The first-order valence-corrected chi connectivity index (χ1v) is 9.12. The van der Waals surface area contributed by atoms with E-state index in [0.717, 1.165) is 10.4 Å². The predicted octanol–water partition coefficient (Wildman–Crippen LogP) is 2.02. The summed E-state index contributed by atoms with van der Waals surface area (Å²) in [5.41, 5.74) is 0.719. The monoisotopic (exact) mass is 379 g/mol. The quantitative estimate of drug-likeness (QED) is 0.728. The van der Waals surface area contributed by atoms with Gasteiger partial charge in [0.2, 0.25) is 11.0 Å². The summed E-state index contributed by atoms with van der Waals surface area (Å²) in [7, 11) is 1.56. The first-order valence-electron chi connectivity index (χ1n) is 7.49. The zero-order chi connectivity index (χ0) is 18.1. The second-order valence-corrected chi connectivity index (χ2v) is 7.76. The van der Waals surface area contributed by atoms with Gasteiger partial charge in [0.05, 0.1) is 5.39 Å². The van der Waals surface area contributed by atoms with E-state index in [1.165, 1.54) is 27.2 Å². The van der Waals surface area contributed by atoms with E-state index in [2.05, 4.69) is 20.5 Å². The summed E-state index contributed by atoms with van der Waals surface area (Å²) in [4.78, 5) is 31.3. The van der Waals surface area contributed by atoms with E-state index >= 15 is 0 Å². The Labute approximate surface area is 151 Å². The number of nitrogens with one attached hydrogen (secondary N) is 1. The fourth-order valence-corrected chi connectivity index (χ4v) is 4.20. The molecule has 0 aliphatic heterocycles. The molecular weight excluding hydrogens is 362 g/mol. The highest BCUT2D eigenvalue weighted by Crippen LogP contribution is 2.26. The molecule has 0 saturated heterocycles. The van der Waals surface area contributed by atoms with Crippen molar-refractivity contribution in [3.05, 3.63) is 31.6 Å². The molecular formula is C15H17N5O3S2. The normalized spacial score (nSPS) is 11.2. The van der Waals surface area contributed by atoms with Crippen molar-refractivity contribution in [1.82, 2.24) is 19.7 Å². The highest BCUT2D eigenvalue weighted by atomic mass is 32.1. The number of methoxy groups -OCH3 is 1. The zero-order valence-corrected chi connectivity index (χ0v) is 15.9. The summed E-state index contributed by atoms with van der Waals surface area (Å²) in [5.74, 6) is 0.155. The van der Waals surface area contributed by atoms with E-state index in [1.54, 1.807) is 14.0 Å². The average molecular weight is 379 g/mol. The Morgan fingerprint density at radius 1 is 1.24 bits per heavy atom. The maximum atomic E-state index is 12.8. The number of fused-ring (bicyclic) bond motifs is 1. The molecule has 0 unspecified atom stereocenters. The van der Waals surface area contributed by atoms with Gasteiger partial charge in [-0.3, -0.25) is 19.5 Å². The zero-order valence-electron chi connectivity index (χ0n) is 14.2. The van der Waals surface area contributed by atoms with Crippen LogP contribution in [0.1, 0.15) is 21.3 Å². The number of amides is 1. The fourth-order valence-electron chi connectivity index (χ4n) is 2.40. The fraction of sp³-hybridized carbons (Fsp3) is 0.400. The minimum absolute atomic E-state index is 0.124. The van der Waals surface area contributed by atoms with Crippen LogP contribution in [0.3, 0.4) is 0 Å². The second kappa shape index (κ2) is 6.98. The lowest BCUT2D eigenvalue weighted by atomic mass is 10.2. The van der Waals surface area contributed by atoms with Crippen LogP contribution in [0.25, 0.3) is 10.2 Å². The molecule has 25 heavy (non-hydrogen) atoms. The van der Waals surface area contributed by atoms with Crippen LogP contribution in [-0.4, -0.2) is 32.8 Å². The number of anilines is 1. The minimum atomic E-state index is -0.351. The Bertz CT molecular complexity index is 1000. The Balaban J connectivity index is 1.85. The topological polar surface area (TPSA) is 99.0 Å². The van der Waals surface area contributed by atoms with Crippen molar-refractivity contribution in [2.24, 2.45) is 0 Å². The van der Waals surface area contributed by atoms with E-state index in [0.29, 0.717) is 32.8 Å². The Morgan fingerprint density at radius 2 is 2.00 bits per heavy atom. The van der Waals surface area contributed by atoms with Crippen LogP contribution in [0.5, 0.6) is 0 Å². The SMILES string of the molecule is COCc1nnc(NC(=O)Cn2c(C)nc3sc(C)c(C)c3c2=O)s1. The summed E-state index contributed by atoms with van der Waals surface area (Å²) >= 11 is 2.72. The van der Waals surface area contributed by atoms with Gasteiger partial charge >= 0.3 is 0 Å². The van der Waals surface area contributed by atoms with Crippen molar-refractivity contribution >= 4 is 43.9 Å². The van der Waals surface area contributed by atoms with E-state index in [4.69, 9.17) is 4.74 Å². The van der Waals surface area contributed by atoms with Crippen molar-refractivity contribution in [3.8, 4) is 0 Å². The van der Waals surface area contributed by atoms with E-state index in [9.17, 15) is 9.59 Å². The van der Waals surface area contributed by atoms with Gasteiger partial charge in [0.15, 0.2) is 0 Å². The molecule has 3 heterocycles. The van der Waals surface area contributed by atoms with Gasteiger partial charge < -0.3 is 4.74 Å². The molecule has 0 aromatic carbocycles. The molecule has 10 heteroatoms. The molecule has 0 aliphatic rings. The third kappa shape index (κ3) is 3.46. The molecule has 0 fully saturated rings. The summed E-state index contributed by atoms with van der Waals surface area (Å²) in [6.45, 7) is 5.79. The van der Waals surface area contributed by atoms with Gasteiger partial charge in [0.1, 0.15) is 28.8 Å². The molecule has 3 aromatic rings. The number of ether oxygens (including phenoxy) is 1. The van der Waals surface area contributed by atoms with E-state index in [-0.39, 0.29) is 18.0 Å². The van der Waals surface area contributed by atoms with Crippen molar-refractivity contribution < 1.29 is 9.53 Å². The van der Waals surface area contributed by atoms with Gasteiger partial charge in [-0.15, -0.1) is 21.5 Å². The van der Waals surface area contributed by atoms with Gasteiger partial charge in [-0.2, -0.15) is 0 Å². The maximum absolute atomic E-state index is 12.8. The van der Waals surface area contributed by atoms with Crippen LogP contribution in [0.4, 0.5) is 5.13 Å². The van der Waals surface area contributed by atoms with Crippen molar-refractivity contribution in [2.45, 2.75) is 33.9 Å². The number of aryl methyl sites for hydroxylation is 3. The van der Waals surface area contributed by atoms with Crippen LogP contribution in [0, 0.1) is 20.8 Å². The van der Waals surface area contributed by atoms with Gasteiger partial charge in [-0.1, -0.05) is 11.3 Å². The van der Waals surface area contributed by atoms with Crippen molar-refractivity contribution in [3.63, 3.8) is 0 Å². The third-order valence-corrected chi connectivity index (χ3v) is 5.68. The number of hydrogen-bond acceptors (Lipinski definition) is 8. The van der Waals surface area contributed by atoms with Gasteiger partial charge in [-0.05, 0) is 26.3 Å². The van der Waals surface area contributed by atoms with Crippen LogP contribution >= 0.6 is 22.7 Å². The summed E-state index contributed by atoms with van der Waals surface area (Å²) in [5, 5.41) is 12.1. The highest BCUT2D eigenvalue weighted by Gasteiger charge is 2.17. The highest BCUT2D eigenvalue weighted by molar-refractivity contribution is 7.18. The molecule has 0 aliphatic carbocycles. The van der Waals surface area contributed by atoms with E-state index in [1.807, 2.05) is 13.8 Å². The lowest BCUT2D eigenvalue weighted by Crippen LogP contribution is -2.30. The molecule has 0 saturated carbocycles. The lowest BCUT2D eigenvalue weighted by Gasteiger charge is -2.09. The number of aromatic nitrogens is 4. The first-order chi connectivity index (χ1) is 11.9. The summed E-state index contributed by atoms with van der Waals surface area (Å²) < 4.78 is 6.35. The maximum Gasteiger partial charge on any atom is 0.263 e. The van der Waals surface area contributed by atoms with E-state index < -0.39 is 0 Å². The summed E-state index contributed by atoms with van der Waals surface area (Å²) in [6.07, 6.45) is 0. The third-order valence-electron chi connectivity index (χ3n) is 3.76. The molecule has 0 spiro atoms. The molecule has 1 amide bonds. The Morgan fingerprint density at radius 3 is 2.72 bits per heavy atom. The van der Waals surface area contributed by atoms with Crippen LogP contribution < -0.4 is 10.9 Å². The molecule has 0 bridgehead atoms. The van der Waals surface area contributed by atoms with Gasteiger partial charge in [0, 0.05) is 12.0 Å². The predicted molar refractivity (Wildman–Crippen MR) is 97.3 cm³/mol. The van der Waals surface area contributed by atoms with Crippen LogP contribution in [0.2, 0.25) is 0 Å². The number of hydrogen-bond donors (Lipinski definition) is 1. The van der Waals surface area contributed by atoms with Crippen molar-refractivity contribution in [2.75, 3.05) is 12.4 Å². The first kappa shape index (κ1) is 17.6. The number of thiophene rings is 1. The molecule has 0 atom stereocenters. The summed E-state index contributed by atoms with van der Waals surface area (Å²) in [6, 6.07) is 0. The molecule has 3 aromatic heterocycles. The molecule has 0 radical (unpaired) electrons. The van der Waals surface area contributed by atoms with Gasteiger partial charge in [-0.25, -0.2) is 4.98 Å².